The SMILES string of the molecule is CCOC(=O)c1c(S(=O)(=O)N(Cc2cccs2)C2CCCC2)c(C)n(C)c1C. The van der Waals surface area contributed by atoms with Crippen molar-refractivity contribution in [3.8, 4) is 0 Å². The Labute approximate surface area is 171 Å². The second-order valence-corrected chi connectivity index (χ2v) is 10.1. The number of rotatable bonds is 7. The van der Waals surface area contributed by atoms with Crippen LogP contribution in [0.4, 0.5) is 0 Å². The van der Waals surface area contributed by atoms with E-state index in [0.29, 0.717) is 17.9 Å². The van der Waals surface area contributed by atoms with Gasteiger partial charge in [0.25, 0.3) is 0 Å². The Morgan fingerprint density at radius 3 is 2.54 bits per heavy atom. The fourth-order valence-corrected chi connectivity index (χ4v) is 6.88. The van der Waals surface area contributed by atoms with E-state index in [-0.39, 0.29) is 23.1 Å². The highest BCUT2D eigenvalue weighted by atomic mass is 32.2. The van der Waals surface area contributed by atoms with Crippen molar-refractivity contribution in [1.82, 2.24) is 8.87 Å². The molecule has 154 valence electrons. The second kappa shape index (κ2) is 8.39. The summed E-state index contributed by atoms with van der Waals surface area (Å²) in [5.74, 6) is -0.579. The first kappa shape index (κ1) is 21.1. The van der Waals surface area contributed by atoms with Crippen LogP contribution in [0.25, 0.3) is 0 Å². The van der Waals surface area contributed by atoms with Crippen LogP contribution in [-0.2, 0) is 28.4 Å². The molecule has 0 amide bonds. The molecular weight excluding hydrogens is 396 g/mol. The quantitative estimate of drug-likeness (QED) is 0.630. The molecule has 1 fully saturated rings. The highest BCUT2D eigenvalue weighted by Crippen LogP contribution is 2.35. The van der Waals surface area contributed by atoms with E-state index in [2.05, 4.69) is 0 Å². The molecule has 0 radical (unpaired) electrons. The van der Waals surface area contributed by atoms with E-state index >= 15 is 0 Å². The van der Waals surface area contributed by atoms with Crippen LogP contribution < -0.4 is 0 Å². The molecule has 0 N–H and O–H groups in total. The van der Waals surface area contributed by atoms with E-state index in [1.807, 2.05) is 17.5 Å². The maximum absolute atomic E-state index is 13.9. The van der Waals surface area contributed by atoms with Gasteiger partial charge >= 0.3 is 5.97 Å². The first-order chi connectivity index (χ1) is 13.3. The Balaban J connectivity index is 2.13. The largest absolute Gasteiger partial charge is 0.462 e. The second-order valence-electron chi connectivity index (χ2n) is 7.22. The summed E-state index contributed by atoms with van der Waals surface area (Å²) < 4.78 is 36.3. The van der Waals surface area contributed by atoms with Gasteiger partial charge in [0.15, 0.2) is 0 Å². The molecular formula is C20H28N2O4S2. The van der Waals surface area contributed by atoms with Crippen LogP contribution in [0.2, 0.25) is 0 Å². The Morgan fingerprint density at radius 1 is 1.29 bits per heavy atom. The molecule has 0 unspecified atom stereocenters. The van der Waals surface area contributed by atoms with Crippen LogP contribution >= 0.6 is 11.3 Å². The van der Waals surface area contributed by atoms with Gasteiger partial charge in [0.2, 0.25) is 10.0 Å². The summed E-state index contributed by atoms with van der Waals surface area (Å²) in [5.41, 5.74) is 1.34. The van der Waals surface area contributed by atoms with Gasteiger partial charge in [-0.05, 0) is 45.1 Å². The maximum Gasteiger partial charge on any atom is 0.341 e. The molecule has 0 saturated heterocycles. The molecule has 6 nitrogen and oxygen atoms in total. The lowest BCUT2D eigenvalue weighted by Crippen LogP contribution is -2.39. The van der Waals surface area contributed by atoms with E-state index in [1.54, 1.807) is 48.0 Å². The van der Waals surface area contributed by atoms with E-state index in [9.17, 15) is 13.2 Å². The number of hydrogen-bond acceptors (Lipinski definition) is 5. The van der Waals surface area contributed by atoms with Gasteiger partial charge < -0.3 is 9.30 Å². The molecule has 0 spiro atoms. The van der Waals surface area contributed by atoms with Crippen molar-refractivity contribution in [2.45, 2.75) is 63.9 Å². The molecule has 1 aliphatic rings. The number of thiophene rings is 1. The van der Waals surface area contributed by atoms with E-state index < -0.39 is 16.0 Å². The van der Waals surface area contributed by atoms with Crippen molar-refractivity contribution >= 4 is 27.3 Å². The topological polar surface area (TPSA) is 68.6 Å². The predicted molar refractivity (Wildman–Crippen MR) is 110 cm³/mol. The summed E-state index contributed by atoms with van der Waals surface area (Å²) in [6.45, 7) is 5.77. The van der Waals surface area contributed by atoms with Gasteiger partial charge in [0, 0.05) is 35.9 Å². The molecule has 3 rings (SSSR count). The highest BCUT2D eigenvalue weighted by molar-refractivity contribution is 7.89. The number of esters is 1. The molecule has 0 atom stereocenters. The summed E-state index contributed by atoms with van der Waals surface area (Å²) in [7, 11) is -2.09. The van der Waals surface area contributed by atoms with Gasteiger partial charge in [0.1, 0.15) is 10.5 Å². The van der Waals surface area contributed by atoms with Crippen LogP contribution in [0.15, 0.2) is 22.4 Å². The van der Waals surface area contributed by atoms with Crippen LogP contribution in [-0.4, -0.2) is 35.9 Å². The first-order valence-electron chi connectivity index (χ1n) is 9.66. The Hall–Kier alpha value is -1.64. The zero-order chi connectivity index (χ0) is 20.5. The lowest BCUT2D eigenvalue weighted by Gasteiger charge is -2.28. The normalized spacial score (nSPS) is 15.5. The number of sulfonamides is 1. The average Bonchev–Trinajstić information content (AvgIpc) is 3.38. The Kier molecular flexibility index (Phi) is 6.31. The van der Waals surface area contributed by atoms with E-state index in [0.717, 1.165) is 30.6 Å². The van der Waals surface area contributed by atoms with Gasteiger partial charge in [-0.1, -0.05) is 18.9 Å². The van der Waals surface area contributed by atoms with Crippen molar-refractivity contribution in [3.63, 3.8) is 0 Å². The fourth-order valence-electron chi connectivity index (χ4n) is 3.95. The van der Waals surface area contributed by atoms with Gasteiger partial charge in [-0.3, -0.25) is 0 Å². The monoisotopic (exact) mass is 424 g/mol. The van der Waals surface area contributed by atoms with Crippen molar-refractivity contribution in [2.24, 2.45) is 7.05 Å². The van der Waals surface area contributed by atoms with Gasteiger partial charge in [-0.15, -0.1) is 11.3 Å². The number of carbonyl (C=O) groups is 1. The third-order valence-corrected chi connectivity index (χ3v) is 8.51. The number of nitrogens with zero attached hydrogens (tertiary/aromatic N) is 2. The minimum absolute atomic E-state index is 0.0398. The van der Waals surface area contributed by atoms with Crippen LogP contribution in [0.1, 0.15) is 59.2 Å². The van der Waals surface area contributed by atoms with Crippen LogP contribution in [0.5, 0.6) is 0 Å². The lowest BCUT2D eigenvalue weighted by molar-refractivity contribution is 0.0521. The molecule has 2 aromatic rings. The minimum Gasteiger partial charge on any atom is -0.462 e. The number of aromatic nitrogens is 1. The fraction of sp³-hybridized carbons (Fsp3) is 0.550. The zero-order valence-corrected chi connectivity index (χ0v) is 18.5. The molecule has 2 aromatic heterocycles. The minimum atomic E-state index is -3.87. The van der Waals surface area contributed by atoms with Crippen molar-refractivity contribution < 1.29 is 17.9 Å². The number of hydrogen-bond donors (Lipinski definition) is 0. The summed E-state index contributed by atoms with van der Waals surface area (Å²) in [6, 6.07) is 3.85. The average molecular weight is 425 g/mol. The Bertz CT molecular complexity index is 940. The summed E-state index contributed by atoms with van der Waals surface area (Å²) >= 11 is 1.55. The first-order valence-corrected chi connectivity index (χ1v) is 12.0. The summed E-state index contributed by atoms with van der Waals surface area (Å²) in [5, 5.41) is 1.96. The standard InChI is InChI=1S/C20H28N2O4S2/c1-5-26-20(23)18-14(2)21(4)15(3)19(18)28(24,25)22(16-9-6-7-10-16)13-17-11-8-12-27-17/h8,11-12,16H,5-7,9-10,13H2,1-4H3. The van der Waals surface area contributed by atoms with Crippen LogP contribution in [0, 0.1) is 13.8 Å². The molecule has 2 heterocycles. The van der Waals surface area contributed by atoms with E-state index in [4.69, 9.17) is 4.74 Å². The highest BCUT2D eigenvalue weighted by Gasteiger charge is 2.39. The number of ether oxygens (including phenoxy) is 1. The van der Waals surface area contributed by atoms with Crippen molar-refractivity contribution in [3.05, 3.63) is 39.3 Å². The smallest absolute Gasteiger partial charge is 0.341 e. The molecule has 1 saturated carbocycles. The van der Waals surface area contributed by atoms with Crippen molar-refractivity contribution in [2.75, 3.05) is 6.61 Å². The third kappa shape index (κ3) is 3.77. The maximum atomic E-state index is 13.9. The zero-order valence-electron chi connectivity index (χ0n) is 16.9. The Morgan fingerprint density at radius 2 is 1.96 bits per heavy atom. The van der Waals surface area contributed by atoms with Gasteiger partial charge in [-0.25, -0.2) is 13.2 Å². The van der Waals surface area contributed by atoms with E-state index in [1.165, 1.54) is 0 Å². The summed E-state index contributed by atoms with van der Waals surface area (Å²) in [4.78, 5) is 13.7. The molecule has 1 aliphatic carbocycles. The van der Waals surface area contributed by atoms with Gasteiger partial charge in [-0.2, -0.15) is 4.31 Å². The van der Waals surface area contributed by atoms with Gasteiger partial charge in [0.05, 0.1) is 6.61 Å². The summed E-state index contributed by atoms with van der Waals surface area (Å²) in [6.07, 6.45) is 3.76. The molecule has 28 heavy (non-hydrogen) atoms. The predicted octanol–water partition coefficient (Wildman–Crippen LogP) is 4.01. The molecule has 0 aliphatic heterocycles. The molecule has 8 heteroatoms. The molecule has 0 aromatic carbocycles. The third-order valence-electron chi connectivity index (χ3n) is 5.59. The van der Waals surface area contributed by atoms with Crippen LogP contribution in [0.3, 0.4) is 0 Å². The molecule has 0 bridgehead atoms. The number of carbonyl (C=O) groups excluding carboxylic acids is 1. The van der Waals surface area contributed by atoms with Crippen molar-refractivity contribution in [1.29, 1.82) is 0 Å². The lowest BCUT2D eigenvalue weighted by atomic mass is 10.2.